The van der Waals surface area contributed by atoms with E-state index >= 15 is 0 Å². The predicted molar refractivity (Wildman–Crippen MR) is 88.0 cm³/mol. The van der Waals surface area contributed by atoms with Crippen LogP contribution in [0.5, 0.6) is 0 Å². The second-order valence-electron chi connectivity index (χ2n) is 7.89. The van der Waals surface area contributed by atoms with Crippen molar-refractivity contribution in [1.82, 2.24) is 9.42 Å². The van der Waals surface area contributed by atoms with Crippen molar-refractivity contribution in [3.05, 3.63) is 0 Å². The molecule has 104 valence electrons. The zero-order valence-corrected chi connectivity index (χ0v) is 16.0. The summed E-state index contributed by atoms with van der Waals surface area (Å²) in [5.74, 6) is 0. The average molecular weight is 295 g/mol. The summed E-state index contributed by atoms with van der Waals surface area (Å²) in [5.41, 5.74) is 0.209. The van der Waals surface area contributed by atoms with Crippen LogP contribution in [0.1, 0.15) is 41.5 Å². The third-order valence-corrected chi connectivity index (χ3v) is 10.8. The van der Waals surface area contributed by atoms with Crippen molar-refractivity contribution in [3.63, 3.8) is 0 Å². The molecule has 0 saturated heterocycles. The lowest BCUT2D eigenvalue weighted by Gasteiger charge is -2.51. The highest BCUT2D eigenvalue weighted by molar-refractivity contribution is 8.12. The number of hydrogen-bond acceptors (Lipinski definition) is 1. The first-order chi connectivity index (χ1) is 7.07. The normalized spacial score (nSPS) is 18.3. The Kier molecular flexibility index (Phi) is 5.28. The summed E-state index contributed by atoms with van der Waals surface area (Å²) in [6, 6.07) is 0. The van der Waals surface area contributed by atoms with Crippen LogP contribution in [0.3, 0.4) is 0 Å². The Morgan fingerprint density at radius 3 is 1.53 bits per heavy atom. The largest absolute Gasteiger partial charge is 0.281 e. The summed E-state index contributed by atoms with van der Waals surface area (Å²) in [6.45, 7) is 22.8. The molecular formula is C12H31N2PSSi. The van der Waals surface area contributed by atoms with Crippen LogP contribution in [0.4, 0.5) is 0 Å². The van der Waals surface area contributed by atoms with Gasteiger partial charge >= 0.3 is 0 Å². The first-order valence-electron chi connectivity index (χ1n) is 6.25. The minimum atomic E-state index is -1.69. The molecule has 0 radical (unpaired) electrons. The van der Waals surface area contributed by atoms with Crippen LogP contribution < -0.4 is 5.09 Å². The maximum absolute atomic E-state index is 5.97. The van der Waals surface area contributed by atoms with Gasteiger partial charge in [0.15, 0.2) is 0 Å². The van der Waals surface area contributed by atoms with Gasteiger partial charge in [-0.2, -0.15) is 0 Å². The summed E-state index contributed by atoms with van der Waals surface area (Å²) < 4.78 is 2.62. The zero-order valence-electron chi connectivity index (χ0n) is 13.3. The molecule has 0 aliphatic heterocycles. The second-order valence-corrected chi connectivity index (χ2v) is 17.6. The van der Waals surface area contributed by atoms with Gasteiger partial charge in [-0.1, -0.05) is 31.4 Å². The number of rotatable bonds is 3. The Balaban J connectivity index is 5.43. The van der Waals surface area contributed by atoms with Crippen molar-refractivity contribution in [2.24, 2.45) is 0 Å². The van der Waals surface area contributed by atoms with Crippen molar-refractivity contribution in [1.29, 1.82) is 0 Å². The molecule has 0 aromatic heterocycles. The van der Waals surface area contributed by atoms with Crippen LogP contribution >= 0.6 is 6.34 Å². The number of hydrogen-bond donors (Lipinski definition) is 1. The molecule has 0 aliphatic rings. The fraction of sp³-hybridized carbons (Fsp3) is 1.00. The van der Waals surface area contributed by atoms with E-state index in [4.69, 9.17) is 11.8 Å². The quantitative estimate of drug-likeness (QED) is 0.619. The summed E-state index contributed by atoms with van der Waals surface area (Å²) in [7, 11) is -1.44. The van der Waals surface area contributed by atoms with Gasteiger partial charge in [-0.25, -0.2) is 0 Å². The average Bonchev–Trinajstić information content (AvgIpc) is 1.66. The highest BCUT2D eigenvalue weighted by Gasteiger charge is 2.41. The van der Waals surface area contributed by atoms with Crippen LogP contribution in [-0.4, -0.2) is 30.3 Å². The number of nitrogens with zero attached hydrogens (tertiary/aromatic N) is 1. The molecule has 5 heteroatoms. The minimum Gasteiger partial charge on any atom is -0.281 e. The van der Waals surface area contributed by atoms with Crippen molar-refractivity contribution >= 4 is 26.4 Å². The molecule has 0 heterocycles. The highest BCUT2D eigenvalue weighted by Crippen LogP contribution is 2.51. The van der Waals surface area contributed by atoms with Gasteiger partial charge in [0.05, 0.1) is 6.34 Å². The first kappa shape index (κ1) is 17.8. The lowest BCUT2D eigenvalue weighted by molar-refractivity contribution is 0.361. The van der Waals surface area contributed by atoms with Crippen LogP contribution in [0.2, 0.25) is 19.6 Å². The van der Waals surface area contributed by atoms with Gasteiger partial charge in [-0.3, -0.25) is 9.42 Å². The molecule has 0 saturated carbocycles. The van der Waals surface area contributed by atoms with Crippen molar-refractivity contribution in [2.45, 2.75) is 72.3 Å². The molecule has 0 aromatic carbocycles. The molecule has 1 unspecified atom stereocenters. The van der Waals surface area contributed by atoms with E-state index < -0.39 is 14.6 Å². The van der Waals surface area contributed by atoms with E-state index in [2.05, 4.69) is 77.3 Å². The molecule has 2 nitrogen and oxygen atoms in total. The van der Waals surface area contributed by atoms with Gasteiger partial charge in [0.1, 0.15) is 8.24 Å². The van der Waals surface area contributed by atoms with Crippen LogP contribution in [0.25, 0.3) is 0 Å². The van der Waals surface area contributed by atoms with Gasteiger partial charge in [0.25, 0.3) is 0 Å². The zero-order chi connectivity index (χ0) is 14.3. The monoisotopic (exact) mass is 294 g/mol. The van der Waals surface area contributed by atoms with E-state index in [0.717, 1.165) is 0 Å². The first-order valence-corrected chi connectivity index (χ1v) is 12.9. The lowest BCUT2D eigenvalue weighted by atomic mass is 10.1. The highest BCUT2D eigenvalue weighted by atomic mass is 32.4. The summed E-state index contributed by atoms with van der Waals surface area (Å²) >= 11 is 5.97. The Morgan fingerprint density at radius 2 is 1.35 bits per heavy atom. The fourth-order valence-electron chi connectivity index (χ4n) is 2.82. The fourth-order valence-corrected chi connectivity index (χ4v) is 15.8. The molecule has 0 rings (SSSR count). The van der Waals surface area contributed by atoms with Crippen LogP contribution in [0.15, 0.2) is 0 Å². The van der Waals surface area contributed by atoms with E-state index in [1.807, 2.05) is 0 Å². The van der Waals surface area contributed by atoms with Crippen molar-refractivity contribution in [3.8, 4) is 0 Å². The molecule has 1 N–H and O–H groups in total. The lowest BCUT2D eigenvalue weighted by Crippen LogP contribution is -2.56. The number of nitrogens with one attached hydrogen (secondary N) is 1. The summed E-state index contributed by atoms with van der Waals surface area (Å²) in [5, 5.41) is 3.70. The Labute approximate surface area is 115 Å². The van der Waals surface area contributed by atoms with Gasteiger partial charge in [-0.15, -0.1) is 0 Å². The molecule has 0 fully saturated rings. The smallest absolute Gasteiger partial charge is 0.126 e. The summed E-state index contributed by atoms with van der Waals surface area (Å²) in [4.78, 5) is 0. The van der Waals surface area contributed by atoms with E-state index in [1.165, 1.54) is 0 Å². The third kappa shape index (κ3) is 5.97. The second kappa shape index (κ2) is 5.05. The molecule has 0 amide bonds. The van der Waals surface area contributed by atoms with Crippen LogP contribution in [-0.2, 0) is 11.8 Å². The standard InChI is InChI=1S/C12H31N2PSSi/c1-11(2,3)13-15(7,16)14(12(4,5)6)17(8,9)10/h1-10H3,(H,13,16). The van der Waals surface area contributed by atoms with Gasteiger partial charge in [0, 0.05) is 11.1 Å². The maximum atomic E-state index is 5.97. The Bertz CT molecular complexity index is 296. The molecule has 0 bridgehead atoms. The maximum Gasteiger partial charge on any atom is 0.126 e. The Hall–Kier alpha value is 0.787. The predicted octanol–water partition coefficient (Wildman–Crippen LogP) is 4.25. The van der Waals surface area contributed by atoms with Crippen LogP contribution in [0, 0.1) is 0 Å². The van der Waals surface area contributed by atoms with Gasteiger partial charge in [-0.05, 0) is 48.2 Å². The summed E-state index contributed by atoms with van der Waals surface area (Å²) in [6.07, 6.45) is -1.69. The van der Waals surface area contributed by atoms with Crippen molar-refractivity contribution < 1.29 is 0 Å². The SMILES string of the molecule is CC(C)(C)NP(C)(=S)N(C(C)(C)C)[Si](C)(C)C. The molecule has 0 aliphatic carbocycles. The van der Waals surface area contributed by atoms with E-state index in [9.17, 15) is 0 Å². The molecule has 0 spiro atoms. The molecule has 0 aromatic rings. The molecule has 17 heavy (non-hydrogen) atoms. The van der Waals surface area contributed by atoms with E-state index in [-0.39, 0.29) is 11.1 Å². The van der Waals surface area contributed by atoms with Crippen molar-refractivity contribution in [2.75, 3.05) is 6.66 Å². The molecule has 1 atom stereocenters. The molecular weight excluding hydrogens is 263 g/mol. The minimum absolute atomic E-state index is 0.0768. The topological polar surface area (TPSA) is 15.3 Å². The van der Waals surface area contributed by atoms with E-state index in [1.54, 1.807) is 0 Å². The van der Waals surface area contributed by atoms with Gasteiger partial charge in [0.2, 0.25) is 0 Å². The van der Waals surface area contributed by atoms with Gasteiger partial charge < -0.3 is 0 Å². The third-order valence-electron chi connectivity index (χ3n) is 2.20. The van der Waals surface area contributed by atoms with E-state index in [0.29, 0.717) is 0 Å². The Morgan fingerprint density at radius 1 is 1.00 bits per heavy atom.